The van der Waals surface area contributed by atoms with Crippen LogP contribution >= 0.6 is 0 Å². The van der Waals surface area contributed by atoms with Crippen LogP contribution in [-0.2, 0) is 0 Å². The van der Waals surface area contributed by atoms with Crippen LogP contribution in [0, 0.1) is 6.92 Å². The Morgan fingerprint density at radius 2 is 0.493 bits per heavy atom. The van der Waals surface area contributed by atoms with Gasteiger partial charge in [-0.15, -0.1) is 0 Å². The predicted octanol–water partition coefficient (Wildman–Crippen LogP) is 19.4. The molecule has 0 saturated heterocycles. The molecule has 5 heteroatoms. The van der Waals surface area contributed by atoms with Crippen molar-refractivity contribution in [1.29, 1.82) is 0 Å². The Kier molecular flexibility index (Phi) is 12.0. The van der Waals surface area contributed by atoms with Gasteiger partial charge in [0.15, 0.2) is 0 Å². The Morgan fingerprint density at radius 1 is 0.247 bits per heavy atom. The summed E-state index contributed by atoms with van der Waals surface area (Å²) in [5.74, 6) is 0. The minimum absolute atomic E-state index is 0.840. The molecule has 0 N–H and O–H groups in total. The van der Waals surface area contributed by atoms with Crippen LogP contribution in [0.4, 0.5) is 62.6 Å². The first kappa shape index (κ1) is 44.6. The van der Waals surface area contributed by atoms with Gasteiger partial charge in [0.25, 0.3) is 0 Å². The zero-order chi connectivity index (χ0) is 49.1. The highest BCUT2D eigenvalue weighted by molar-refractivity contribution is 6.08. The monoisotopic (exact) mass is 940 g/mol. The van der Waals surface area contributed by atoms with Crippen LogP contribution in [0.25, 0.3) is 44.2 Å². The number of benzene rings is 11. The van der Waals surface area contributed by atoms with Gasteiger partial charge >= 0.3 is 0 Å². The second-order valence-electron chi connectivity index (χ2n) is 18.4. The van der Waals surface area contributed by atoms with Gasteiger partial charge in [0.05, 0.1) is 0 Å². The van der Waals surface area contributed by atoms with E-state index in [4.69, 9.17) is 4.42 Å². The van der Waals surface area contributed by atoms with Gasteiger partial charge in [-0.3, -0.25) is 0 Å². The molecule has 0 unspecified atom stereocenters. The highest BCUT2D eigenvalue weighted by Gasteiger charge is 2.19. The average Bonchev–Trinajstić information content (AvgIpc) is 3.83. The van der Waals surface area contributed by atoms with Crippen molar-refractivity contribution in [1.82, 2.24) is 0 Å². The van der Waals surface area contributed by atoms with Crippen molar-refractivity contribution in [3.63, 3.8) is 0 Å². The lowest BCUT2D eigenvalue weighted by atomic mass is 10.0. The lowest BCUT2D eigenvalue weighted by Crippen LogP contribution is -2.10. The molecule has 0 atom stereocenters. The Bertz CT molecular complexity index is 3770. The second-order valence-corrected chi connectivity index (χ2v) is 18.4. The molecule has 73 heavy (non-hydrogen) atoms. The number of furan rings is 1. The minimum atomic E-state index is 0.840. The van der Waals surface area contributed by atoms with E-state index in [2.05, 4.69) is 307 Å². The highest BCUT2D eigenvalue weighted by atomic mass is 16.3. The summed E-state index contributed by atoms with van der Waals surface area (Å²) in [6, 6.07) is 99.3. The topological polar surface area (TPSA) is 26.1 Å². The van der Waals surface area contributed by atoms with E-state index in [1.807, 2.05) is 6.07 Å². The summed E-state index contributed by atoms with van der Waals surface area (Å²) >= 11 is 0. The molecular weight excluding hydrogens is 889 g/mol. The van der Waals surface area contributed by atoms with E-state index in [0.29, 0.717) is 0 Å². The number of hydrogen-bond acceptors (Lipinski definition) is 5. The van der Waals surface area contributed by atoms with Gasteiger partial charge in [-0.25, -0.2) is 0 Å². The van der Waals surface area contributed by atoms with Gasteiger partial charge in [-0.05, 0) is 175 Å². The molecule has 12 rings (SSSR count). The van der Waals surface area contributed by atoms with Crippen LogP contribution in [0.2, 0.25) is 0 Å². The molecule has 1 heterocycles. The molecule has 350 valence electrons. The summed E-state index contributed by atoms with van der Waals surface area (Å²) in [6.07, 6.45) is 0. The Morgan fingerprint density at radius 3 is 0.836 bits per heavy atom. The van der Waals surface area contributed by atoms with Crippen molar-refractivity contribution in [2.45, 2.75) is 6.92 Å². The fourth-order valence-electron chi connectivity index (χ4n) is 9.89. The maximum atomic E-state index is 6.56. The van der Waals surface area contributed by atoms with Crippen molar-refractivity contribution in [2.24, 2.45) is 0 Å². The molecule has 0 bridgehead atoms. The lowest BCUT2D eigenvalue weighted by Gasteiger charge is -2.26. The lowest BCUT2D eigenvalue weighted by molar-refractivity contribution is 0.669. The molecule has 0 radical (unpaired) electrons. The second kappa shape index (κ2) is 19.7. The van der Waals surface area contributed by atoms with E-state index >= 15 is 0 Å². The molecular formula is C68H52N4O. The first-order valence-corrected chi connectivity index (χ1v) is 24.8. The Balaban J connectivity index is 0.853. The number of rotatable bonds is 13. The van der Waals surface area contributed by atoms with Gasteiger partial charge in [0, 0.05) is 80.4 Å². The van der Waals surface area contributed by atoms with E-state index in [0.717, 1.165) is 101 Å². The summed E-state index contributed by atoms with van der Waals surface area (Å²) in [7, 11) is 2.10. The van der Waals surface area contributed by atoms with Crippen molar-refractivity contribution in [2.75, 3.05) is 26.6 Å². The molecule has 12 aromatic rings. The SMILES string of the molecule is Cc1ccc(N(c2ccccc2)c2ccc(-c3ccc(N(c4ccccc4)c4ccc5oc6ccc(N(c7ccccc7)c7ccc(-c8ccc(N(C)c9ccccc9)cc8)cc7)cc6c5c4)cc3)cc2)cc1. The maximum Gasteiger partial charge on any atom is 0.135 e. The zero-order valence-electron chi connectivity index (χ0n) is 40.8. The quantitative estimate of drug-likeness (QED) is 0.115. The average molecular weight is 941 g/mol. The standard InChI is InChI=1S/C68H52N4O/c1-49-23-33-59(34-24-49)70(56-17-9-4-10-18-56)60-37-27-52(28-38-60)53-31-41-62(42-32-53)72(58-21-13-6-14-22-58)64-44-46-68-66(48-64)65-47-63(43-45-67(65)73-68)71(57-19-11-5-12-20-57)61-39-29-51(30-40-61)50-25-35-55(36-26-50)69(2)54-15-7-3-8-16-54/h3-48H,1-2H3. The molecule has 0 amide bonds. The van der Waals surface area contributed by atoms with Crippen LogP contribution in [0.5, 0.6) is 0 Å². The van der Waals surface area contributed by atoms with Crippen LogP contribution in [0.3, 0.4) is 0 Å². The minimum Gasteiger partial charge on any atom is -0.456 e. The molecule has 11 aromatic carbocycles. The zero-order valence-corrected chi connectivity index (χ0v) is 40.8. The first-order chi connectivity index (χ1) is 36.0. The van der Waals surface area contributed by atoms with Crippen LogP contribution in [0.15, 0.2) is 283 Å². The first-order valence-electron chi connectivity index (χ1n) is 24.8. The van der Waals surface area contributed by atoms with Gasteiger partial charge in [0.2, 0.25) is 0 Å². The van der Waals surface area contributed by atoms with Crippen LogP contribution < -0.4 is 19.6 Å². The molecule has 0 aliphatic carbocycles. The van der Waals surface area contributed by atoms with E-state index in [-0.39, 0.29) is 0 Å². The number of para-hydroxylation sites is 4. The number of nitrogens with zero attached hydrogens (tertiary/aromatic N) is 4. The summed E-state index contributed by atoms with van der Waals surface area (Å²) in [4.78, 5) is 9.15. The third-order valence-corrected chi connectivity index (χ3v) is 13.7. The smallest absolute Gasteiger partial charge is 0.135 e. The van der Waals surface area contributed by atoms with Crippen molar-refractivity contribution >= 4 is 84.5 Å². The van der Waals surface area contributed by atoms with Crippen molar-refractivity contribution in [3.8, 4) is 22.3 Å². The van der Waals surface area contributed by atoms with Crippen LogP contribution in [-0.4, -0.2) is 7.05 Å². The summed E-state index contributed by atoms with van der Waals surface area (Å²) < 4.78 is 6.56. The number of aryl methyl sites for hydroxylation is 1. The molecule has 5 nitrogen and oxygen atoms in total. The summed E-state index contributed by atoms with van der Waals surface area (Å²) in [5.41, 5.74) is 19.5. The van der Waals surface area contributed by atoms with E-state index in [1.54, 1.807) is 0 Å². The van der Waals surface area contributed by atoms with Gasteiger partial charge in [-0.2, -0.15) is 0 Å². The Hall–Kier alpha value is -9.58. The van der Waals surface area contributed by atoms with E-state index in [1.165, 1.54) is 11.1 Å². The summed E-state index contributed by atoms with van der Waals surface area (Å²) in [5, 5.41) is 2.10. The molecule has 0 saturated carbocycles. The number of fused-ring (bicyclic) bond motifs is 3. The normalized spacial score (nSPS) is 11.2. The van der Waals surface area contributed by atoms with Crippen molar-refractivity contribution < 1.29 is 4.42 Å². The number of hydrogen-bond donors (Lipinski definition) is 0. The molecule has 0 spiro atoms. The third kappa shape index (κ3) is 9.08. The molecule has 1 aromatic heterocycles. The van der Waals surface area contributed by atoms with E-state index < -0.39 is 0 Å². The van der Waals surface area contributed by atoms with Crippen LogP contribution in [0.1, 0.15) is 5.56 Å². The molecule has 0 fully saturated rings. The predicted molar refractivity (Wildman–Crippen MR) is 308 cm³/mol. The molecule has 0 aliphatic heterocycles. The van der Waals surface area contributed by atoms with Gasteiger partial charge in [0.1, 0.15) is 11.2 Å². The van der Waals surface area contributed by atoms with Crippen molar-refractivity contribution in [3.05, 3.63) is 285 Å². The van der Waals surface area contributed by atoms with E-state index in [9.17, 15) is 0 Å². The van der Waals surface area contributed by atoms with Gasteiger partial charge < -0.3 is 24.0 Å². The van der Waals surface area contributed by atoms with Gasteiger partial charge in [-0.1, -0.05) is 139 Å². The molecule has 0 aliphatic rings. The fraction of sp³-hybridized carbons (Fsp3) is 0.0294. The third-order valence-electron chi connectivity index (χ3n) is 13.7. The Labute approximate surface area is 427 Å². The summed E-state index contributed by atoms with van der Waals surface area (Å²) in [6.45, 7) is 2.12. The maximum absolute atomic E-state index is 6.56. The number of anilines is 11. The fourth-order valence-corrected chi connectivity index (χ4v) is 9.89. The largest absolute Gasteiger partial charge is 0.456 e. The highest BCUT2D eigenvalue weighted by Crippen LogP contribution is 2.43.